The molecule has 0 aliphatic heterocycles. The first kappa shape index (κ1) is 22.6. The van der Waals surface area contributed by atoms with Crippen LogP contribution < -0.4 is 21.5 Å². The fourth-order valence-electron chi connectivity index (χ4n) is 3.01. The first-order valence-corrected chi connectivity index (χ1v) is 9.70. The maximum atomic E-state index is 2.35. The Balaban J connectivity index is 0.00000484. The summed E-state index contributed by atoms with van der Waals surface area (Å²) in [4.78, 5) is 0. The molecule has 0 fully saturated rings. The molecule has 0 saturated heterocycles. The lowest BCUT2D eigenvalue weighted by atomic mass is 10.1. The molecule has 0 saturated carbocycles. The average molecular weight is 384 g/mol. The molecule has 0 N–H and O–H groups in total. The van der Waals surface area contributed by atoms with Crippen molar-refractivity contribution in [3.63, 3.8) is 0 Å². The second-order valence-electron chi connectivity index (χ2n) is 6.94. The SMILES string of the molecule is CCCCCCCCCCCCCC[n+]1ccc(C)c(C)c1.[Br-]. The van der Waals surface area contributed by atoms with E-state index in [0.29, 0.717) is 0 Å². The van der Waals surface area contributed by atoms with Crippen molar-refractivity contribution in [1.82, 2.24) is 0 Å². The van der Waals surface area contributed by atoms with Gasteiger partial charge in [-0.15, -0.1) is 0 Å². The summed E-state index contributed by atoms with van der Waals surface area (Å²) in [6, 6.07) is 2.23. The molecule has 0 amide bonds. The van der Waals surface area contributed by atoms with Crippen LogP contribution in [-0.2, 0) is 6.54 Å². The number of aryl methyl sites for hydroxylation is 3. The van der Waals surface area contributed by atoms with Crippen molar-refractivity contribution in [3.8, 4) is 0 Å². The van der Waals surface area contributed by atoms with Gasteiger partial charge in [0.15, 0.2) is 12.4 Å². The van der Waals surface area contributed by atoms with Gasteiger partial charge in [-0.25, -0.2) is 4.57 Å². The van der Waals surface area contributed by atoms with E-state index in [-0.39, 0.29) is 17.0 Å². The normalized spacial score (nSPS) is 10.6. The number of rotatable bonds is 13. The average Bonchev–Trinajstić information content (AvgIpc) is 2.52. The van der Waals surface area contributed by atoms with E-state index in [9.17, 15) is 0 Å². The van der Waals surface area contributed by atoms with Crippen molar-refractivity contribution >= 4 is 0 Å². The van der Waals surface area contributed by atoms with E-state index in [1.807, 2.05) is 0 Å². The minimum atomic E-state index is 0. The highest BCUT2D eigenvalue weighted by Crippen LogP contribution is 2.12. The summed E-state index contributed by atoms with van der Waals surface area (Å²) < 4.78 is 2.35. The fraction of sp³-hybridized carbons (Fsp3) is 0.762. The van der Waals surface area contributed by atoms with Crippen LogP contribution in [0.15, 0.2) is 18.5 Å². The zero-order chi connectivity index (χ0) is 16.0. The molecule has 0 radical (unpaired) electrons. The summed E-state index contributed by atoms with van der Waals surface area (Å²) in [5.41, 5.74) is 2.80. The maximum Gasteiger partial charge on any atom is 0.171 e. The third-order valence-electron chi connectivity index (χ3n) is 4.77. The molecule has 0 aromatic carbocycles. The van der Waals surface area contributed by atoms with Gasteiger partial charge in [-0.05, 0) is 25.8 Å². The van der Waals surface area contributed by atoms with E-state index in [0.717, 1.165) is 0 Å². The van der Waals surface area contributed by atoms with Gasteiger partial charge in [-0.2, -0.15) is 0 Å². The van der Waals surface area contributed by atoms with Crippen molar-refractivity contribution in [2.45, 2.75) is 104 Å². The Morgan fingerprint density at radius 2 is 1.17 bits per heavy atom. The van der Waals surface area contributed by atoms with Gasteiger partial charge in [-0.3, -0.25) is 0 Å². The Morgan fingerprint density at radius 3 is 1.65 bits per heavy atom. The van der Waals surface area contributed by atoms with Gasteiger partial charge in [0.1, 0.15) is 6.54 Å². The van der Waals surface area contributed by atoms with Gasteiger partial charge in [0, 0.05) is 18.1 Å². The summed E-state index contributed by atoms with van der Waals surface area (Å²) in [6.07, 6.45) is 21.6. The second kappa shape index (κ2) is 15.2. The Bertz CT molecular complexity index is 389. The molecule has 0 atom stereocenters. The molecule has 1 aromatic rings. The Hall–Kier alpha value is -0.370. The van der Waals surface area contributed by atoms with Gasteiger partial charge < -0.3 is 17.0 Å². The first-order chi connectivity index (χ1) is 10.7. The zero-order valence-corrected chi connectivity index (χ0v) is 17.3. The number of aromatic nitrogens is 1. The Morgan fingerprint density at radius 1 is 0.696 bits per heavy atom. The largest absolute Gasteiger partial charge is 1.00 e. The molecule has 2 heteroatoms. The molecular formula is C21H38BrN. The molecule has 1 heterocycles. The van der Waals surface area contributed by atoms with Crippen molar-refractivity contribution in [2.75, 3.05) is 0 Å². The van der Waals surface area contributed by atoms with E-state index >= 15 is 0 Å². The Labute approximate surface area is 155 Å². The molecule has 0 aliphatic carbocycles. The van der Waals surface area contributed by atoms with Crippen LogP contribution in [0, 0.1) is 13.8 Å². The molecule has 0 bridgehead atoms. The van der Waals surface area contributed by atoms with Crippen molar-refractivity contribution in [1.29, 1.82) is 0 Å². The molecule has 1 rings (SSSR count). The van der Waals surface area contributed by atoms with Crippen molar-refractivity contribution < 1.29 is 21.5 Å². The van der Waals surface area contributed by atoms with Crippen LogP contribution in [0.1, 0.15) is 95.1 Å². The third kappa shape index (κ3) is 11.8. The molecular weight excluding hydrogens is 346 g/mol. The van der Waals surface area contributed by atoms with Crippen LogP contribution >= 0.6 is 0 Å². The summed E-state index contributed by atoms with van der Waals surface area (Å²) >= 11 is 0. The lowest BCUT2D eigenvalue weighted by Gasteiger charge is -2.03. The third-order valence-corrected chi connectivity index (χ3v) is 4.77. The number of unbranched alkanes of at least 4 members (excludes halogenated alkanes) is 11. The highest BCUT2D eigenvalue weighted by molar-refractivity contribution is 5.16. The molecule has 1 aromatic heterocycles. The predicted molar refractivity (Wildman–Crippen MR) is 97.2 cm³/mol. The molecule has 0 spiro atoms. The standard InChI is InChI=1S/C21H38N.BrH/c1-4-5-6-7-8-9-10-11-12-13-14-15-17-22-18-16-20(2)21(3)19-22;/h16,18-19H,4-15,17H2,1-3H3;1H/q+1;/p-1. The number of nitrogens with zero attached hydrogens (tertiary/aromatic N) is 1. The Kier molecular flexibility index (Phi) is 14.9. The molecule has 23 heavy (non-hydrogen) atoms. The summed E-state index contributed by atoms with van der Waals surface area (Å²) in [6.45, 7) is 7.86. The van der Waals surface area contributed by atoms with E-state index in [2.05, 4.69) is 43.8 Å². The lowest BCUT2D eigenvalue weighted by molar-refractivity contribution is -0.697. The van der Waals surface area contributed by atoms with Gasteiger partial charge in [0.2, 0.25) is 0 Å². The van der Waals surface area contributed by atoms with Gasteiger partial charge in [0.25, 0.3) is 0 Å². The van der Waals surface area contributed by atoms with Crippen molar-refractivity contribution in [3.05, 3.63) is 29.6 Å². The lowest BCUT2D eigenvalue weighted by Crippen LogP contribution is -3.00. The molecule has 0 aliphatic rings. The predicted octanol–water partition coefficient (Wildman–Crippen LogP) is 3.30. The smallest absolute Gasteiger partial charge is 0.171 e. The molecule has 0 unspecified atom stereocenters. The molecule has 134 valence electrons. The topological polar surface area (TPSA) is 3.88 Å². The fourth-order valence-corrected chi connectivity index (χ4v) is 3.01. The van der Waals surface area contributed by atoms with E-state index in [4.69, 9.17) is 0 Å². The summed E-state index contributed by atoms with van der Waals surface area (Å²) in [5, 5.41) is 0. The van der Waals surface area contributed by atoms with Crippen LogP contribution in [0.2, 0.25) is 0 Å². The van der Waals surface area contributed by atoms with Crippen LogP contribution in [0.5, 0.6) is 0 Å². The highest BCUT2D eigenvalue weighted by atomic mass is 79.9. The number of pyridine rings is 1. The van der Waals surface area contributed by atoms with Crippen LogP contribution in [0.3, 0.4) is 0 Å². The maximum absolute atomic E-state index is 2.35. The molecule has 1 nitrogen and oxygen atoms in total. The van der Waals surface area contributed by atoms with E-state index in [1.54, 1.807) is 0 Å². The van der Waals surface area contributed by atoms with Gasteiger partial charge in [-0.1, -0.05) is 71.1 Å². The first-order valence-electron chi connectivity index (χ1n) is 9.70. The van der Waals surface area contributed by atoms with Gasteiger partial charge in [0.05, 0.1) is 0 Å². The number of hydrogen-bond donors (Lipinski definition) is 0. The highest BCUT2D eigenvalue weighted by Gasteiger charge is 2.02. The quantitative estimate of drug-likeness (QED) is 0.363. The van der Waals surface area contributed by atoms with Crippen LogP contribution in [0.4, 0.5) is 0 Å². The summed E-state index contributed by atoms with van der Waals surface area (Å²) in [7, 11) is 0. The second-order valence-corrected chi connectivity index (χ2v) is 6.94. The number of hydrogen-bond acceptors (Lipinski definition) is 0. The minimum Gasteiger partial charge on any atom is -1.00 e. The zero-order valence-electron chi connectivity index (χ0n) is 15.7. The van der Waals surface area contributed by atoms with E-state index < -0.39 is 0 Å². The summed E-state index contributed by atoms with van der Waals surface area (Å²) in [5.74, 6) is 0. The monoisotopic (exact) mass is 383 g/mol. The van der Waals surface area contributed by atoms with Crippen molar-refractivity contribution in [2.24, 2.45) is 0 Å². The van der Waals surface area contributed by atoms with E-state index in [1.165, 1.54) is 94.7 Å². The van der Waals surface area contributed by atoms with Gasteiger partial charge >= 0.3 is 0 Å². The minimum absolute atomic E-state index is 0. The number of halogens is 1. The van der Waals surface area contributed by atoms with Crippen LogP contribution in [0.25, 0.3) is 0 Å². The van der Waals surface area contributed by atoms with Crippen LogP contribution in [-0.4, -0.2) is 0 Å².